The number of non-ortho nitro benzene ring substituents is 1. The minimum Gasteiger partial charge on any atom is -0.455 e. The van der Waals surface area contributed by atoms with Gasteiger partial charge in [-0.1, -0.05) is 0 Å². The summed E-state index contributed by atoms with van der Waals surface area (Å²) < 4.78 is 5.51. The number of nitrogens with zero attached hydrogens (tertiary/aromatic N) is 2. The molecule has 102 valence electrons. The van der Waals surface area contributed by atoms with Crippen molar-refractivity contribution < 1.29 is 9.34 Å². The number of furan rings is 1. The quantitative estimate of drug-likeness (QED) is 0.386. The van der Waals surface area contributed by atoms with E-state index in [1.807, 2.05) is 0 Å². The highest BCUT2D eigenvalue weighted by molar-refractivity contribution is 7.80. The molecule has 0 fully saturated rings. The number of nitro groups is 1. The smallest absolute Gasteiger partial charge is 0.269 e. The van der Waals surface area contributed by atoms with Gasteiger partial charge in [-0.3, -0.25) is 15.5 Å². The third-order valence-electron chi connectivity index (χ3n) is 2.36. The molecule has 0 amide bonds. The van der Waals surface area contributed by atoms with Crippen LogP contribution >= 0.6 is 12.2 Å². The highest BCUT2D eigenvalue weighted by Crippen LogP contribution is 2.23. The van der Waals surface area contributed by atoms with Gasteiger partial charge in [0.25, 0.3) is 5.69 Å². The summed E-state index contributed by atoms with van der Waals surface area (Å²) in [4.78, 5) is 10.1. The van der Waals surface area contributed by atoms with E-state index in [2.05, 4.69) is 22.7 Å². The topological polar surface area (TPSA) is 107 Å². The number of hydrogen-bond acceptors (Lipinski definition) is 5. The summed E-state index contributed by atoms with van der Waals surface area (Å²) in [6, 6.07) is 9.52. The van der Waals surface area contributed by atoms with Crippen LogP contribution in [-0.2, 0) is 0 Å². The Labute approximate surface area is 119 Å². The summed E-state index contributed by atoms with van der Waals surface area (Å²) >= 11 is 4.59. The predicted molar refractivity (Wildman–Crippen MR) is 78.3 cm³/mol. The van der Waals surface area contributed by atoms with Gasteiger partial charge in [0.1, 0.15) is 11.5 Å². The zero-order valence-electron chi connectivity index (χ0n) is 10.1. The van der Waals surface area contributed by atoms with Crippen LogP contribution in [0.5, 0.6) is 0 Å². The molecule has 0 saturated carbocycles. The van der Waals surface area contributed by atoms with Crippen molar-refractivity contribution in [2.45, 2.75) is 0 Å². The average molecular weight is 290 g/mol. The Morgan fingerprint density at radius 2 is 2.05 bits per heavy atom. The fourth-order valence-corrected chi connectivity index (χ4v) is 1.54. The van der Waals surface area contributed by atoms with E-state index >= 15 is 0 Å². The van der Waals surface area contributed by atoms with Crippen LogP contribution < -0.4 is 11.2 Å². The van der Waals surface area contributed by atoms with E-state index in [9.17, 15) is 10.1 Å². The summed E-state index contributed by atoms with van der Waals surface area (Å²) in [6.07, 6.45) is 1.42. The van der Waals surface area contributed by atoms with E-state index in [0.29, 0.717) is 11.5 Å². The van der Waals surface area contributed by atoms with E-state index in [1.165, 1.54) is 18.3 Å². The zero-order chi connectivity index (χ0) is 14.5. The fourth-order valence-electron chi connectivity index (χ4n) is 1.48. The number of hydrazone groups is 1. The van der Waals surface area contributed by atoms with Gasteiger partial charge in [-0.2, -0.15) is 5.10 Å². The first-order chi connectivity index (χ1) is 9.56. The molecule has 0 aliphatic heterocycles. The average Bonchev–Trinajstić information content (AvgIpc) is 2.87. The van der Waals surface area contributed by atoms with E-state index in [1.54, 1.807) is 24.3 Å². The standard InChI is InChI=1S/C12H10N4O3S/c13-12(20)15-14-7-10-5-6-11(19-10)8-1-3-9(4-2-8)16(17)18/h1-7H,(H3,13,15,20)/b14-7+. The number of hydrogen-bond donors (Lipinski definition) is 2. The lowest BCUT2D eigenvalue weighted by Crippen LogP contribution is -2.23. The lowest BCUT2D eigenvalue weighted by molar-refractivity contribution is -0.384. The molecule has 1 heterocycles. The predicted octanol–water partition coefficient (Wildman–Crippen LogP) is 2.02. The Kier molecular flexibility index (Phi) is 4.06. The van der Waals surface area contributed by atoms with Gasteiger partial charge in [0, 0.05) is 17.7 Å². The third-order valence-corrected chi connectivity index (χ3v) is 2.45. The normalized spacial score (nSPS) is 10.6. The molecule has 2 aromatic rings. The van der Waals surface area contributed by atoms with Crippen molar-refractivity contribution in [3.63, 3.8) is 0 Å². The Balaban J connectivity index is 2.14. The van der Waals surface area contributed by atoms with Crippen molar-refractivity contribution >= 4 is 29.2 Å². The van der Waals surface area contributed by atoms with Crippen LogP contribution in [0.15, 0.2) is 45.9 Å². The van der Waals surface area contributed by atoms with E-state index in [4.69, 9.17) is 10.2 Å². The first-order valence-corrected chi connectivity index (χ1v) is 5.90. The Morgan fingerprint density at radius 3 is 2.65 bits per heavy atom. The van der Waals surface area contributed by atoms with Gasteiger partial charge in [-0.15, -0.1) is 0 Å². The lowest BCUT2D eigenvalue weighted by atomic mass is 10.1. The Morgan fingerprint density at radius 1 is 1.35 bits per heavy atom. The first-order valence-electron chi connectivity index (χ1n) is 5.49. The lowest BCUT2D eigenvalue weighted by Gasteiger charge is -1.96. The molecule has 1 aromatic heterocycles. The van der Waals surface area contributed by atoms with Gasteiger partial charge in [0.2, 0.25) is 0 Å². The van der Waals surface area contributed by atoms with Gasteiger partial charge < -0.3 is 10.2 Å². The summed E-state index contributed by atoms with van der Waals surface area (Å²) in [5.41, 5.74) is 8.38. The fraction of sp³-hybridized carbons (Fsp3) is 0. The van der Waals surface area contributed by atoms with Crippen molar-refractivity contribution in [1.82, 2.24) is 5.43 Å². The van der Waals surface area contributed by atoms with E-state index < -0.39 is 4.92 Å². The summed E-state index contributed by atoms with van der Waals surface area (Å²) in [7, 11) is 0. The van der Waals surface area contributed by atoms with Crippen LogP contribution in [0, 0.1) is 10.1 Å². The van der Waals surface area contributed by atoms with Gasteiger partial charge in [0.05, 0.1) is 11.1 Å². The van der Waals surface area contributed by atoms with Gasteiger partial charge in [0.15, 0.2) is 5.11 Å². The molecule has 0 spiro atoms. The molecule has 0 aliphatic rings. The maximum atomic E-state index is 10.6. The minimum absolute atomic E-state index is 0.0303. The summed E-state index contributed by atoms with van der Waals surface area (Å²) in [6.45, 7) is 0. The Hall–Kier alpha value is -2.74. The summed E-state index contributed by atoms with van der Waals surface area (Å²) in [5.74, 6) is 1.08. The molecule has 0 saturated heterocycles. The molecular formula is C12H10N4O3S. The molecule has 0 atom stereocenters. The summed E-state index contributed by atoms with van der Waals surface area (Å²) in [5, 5.41) is 14.4. The zero-order valence-corrected chi connectivity index (χ0v) is 11.0. The van der Waals surface area contributed by atoms with Crippen LogP contribution in [0.1, 0.15) is 5.76 Å². The van der Waals surface area contributed by atoms with Crippen LogP contribution in [0.2, 0.25) is 0 Å². The number of nitrogens with two attached hydrogens (primary N) is 1. The molecule has 0 bridgehead atoms. The van der Waals surface area contributed by atoms with Crippen LogP contribution in [0.3, 0.4) is 0 Å². The van der Waals surface area contributed by atoms with E-state index in [-0.39, 0.29) is 10.8 Å². The van der Waals surface area contributed by atoms with Crippen molar-refractivity contribution in [2.24, 2.45) is 10.8 Å². The monoisotopic (exact) mass is 290 g/mol. The van der Waals surface area contributed by atoms with Crippen molar-refractivity contribution in [1.29, 1.82) is 0 Å². The highest BCUT2D eigenvalue weighted by atomic mass is 32.1. The molecule has 2 rings (SSSR count). The number of nitro benzene ring substituents is 1. The van der Waals surface area contributed by atoms with Gasteiger partial charge >= 0.3 is 0 Å². The van der Waals surface area contributed by atoms with Crippen molar-refractivity contribution in [2.75, 3.05) is 0 Å². The highest BCUT2D eigenvalue weighted by Gasteiger charge is 2.07. The second-order valence-corrected chi connectivity index (χ2v) is 4.18. The van der Waals surface area contributed by atoms with Crippen LogP contribution in [0.4, 0.5) is 5.69 Å². The first kappa shape index (κ1) is 13.7. The van der Waals surface area contributed by atoms with Gasteiger partial charge in [-0.05, 0) is 36.5 Å². The SMILES string of the molecule is NC(=S)N/N=C/c1ccc(-c2ccc([N+](=O)[O-])cc2)o1. The Bertz CT molecular complexity index is 664. The molecule has 0 radical (unpaired) electrons. The molecular weight excluding hydrogens is 280 g/mol. The van der Waals surface area contributed by atoms with Crippen LogP contribution in [-0.4, -0.2) is 16.3 Å². The number of benzene rings is 1. The minimum atomic E-state index is -0.453. The van der Waals surface area contributed by atoms with Crippen LogP contribution in [0.25, 0.3) is 11.3 Å². The molecule has 0 unspecified atom stereocenters. The molecule has 0 aliphatic carbocycles. The van der Waals surface area contributed by atoms with Gasteiger partial charge in [-0.25, -0.2) is 0 Å². The maximum absolute atomic E-state index is 10.6. The molecule has 1 aromatic carbocycles. The molecule has 7 nitrogen and oxygen atoms in total. The second kappa shape index (κ2) is 5.93. The number of nitrogens with one attached hydrogen (secondary N) is 1. The number of thiocarbonyl (C=S) groups is 1. The maximum Gasteiger partial charge on any atom is 0.269 e. The van der Waals surface area contributed by atoms with Crippen molar-refractivity contribution in [3.8, 4) is 11.3 Å². The number of rotatable bonds is 4. The third kappa shape index (κ3) is 3.39. The molecule has 8 heteroatoms. The molecule has 3 N–H and O–H groups in total. The largest absolute Gasteiger partial charge is 0.455 e. The molecule has 20 heavy (non-hydrogen) atoms. The van der Waals surface area contributed by atoms with Crippen molar-refractivity contribution in [3.05, 3.63) is 52.3 Å². The second-order valence-electron chi connectivity index (χ2n) is 3.74. The van der Waals surface area contributed by atoms with E-state index in [0.717, 1.165) is 5.56 Å².